The molecule has 3 aromatic rings. The number of benzene rings is 2. The number of esters is 1. The zero-order valence-corrected chi connectivity index (χ0v) is 12.0. The van der Waals surface area contributed by atoms with Gasteiger partial charge in [0.15, 0.2) is 0 Å². The van der Waals surface area contributed by atoms with Crippen LogP contribution in [0.1, 0.15) is 17.4 Å². The highest BCUT2D eigenvalue weighted by atomic mass is 16.5. The highest BCUT2D eigenvalue weighted by Gasteiger charge is 2.16. The number of H-pyrrole nitrogens is 1. The summed E-state index contributed by atoms with van der Waals surface area (Å²) in [7, 11) is 0. The van der Waals surface area contributed by atoms with Crippen LogP contribution in [0.5, 0.6) is 0 Å². The van der Waals surface area contributed by atoms with Gasteiger partial charge in [0, 0.05) is 0 Å². The Hall–Kier alpha value is -2.95. The monoisotopic (exact) mass is 294 g/mol. The van der Waals surface area contributed by atoms with Crippen molar-refractivity contribution in [3.05, 3.63) is 64.4 Å². The predicted molar refractivity (Wildman–Crippen MR) is 83.8 cm³/mol. The molecule has 0 aliphatic heterocycles. The molecular formula is C17H14N2O3. The van der Waals surface area contributed by atoms with Crippen molar-refractivity contribution in [1.29, 1.82) is 0 Å². The largest absolute Gasteiger partial charge is 0.461 e. The van der Waals surface area contributed by atoms with E-state index in [9.17, 15) is 9.59 Å². The number of fused-ring (bicyclic) bond motifs is 1. The van der Waals surface area contributed by atoms with Crippen molar-refractivity contribution in [2.24, 2.45) is 0 Å². The number of ether oxygens (including phenoxy) is 1. The van der Waals surface area contributed by atoms with Gasteiger partial charge >= 0.3 is 5.97 Å². The van der Waals surface area contributed by atoms with Gasteiger partial charge in [-0.25, -0.2) is 4.79 Å². The zero-order valence-electron chi connectivity index (χ0n) is 12.0. The highest BCUT2D eigenvalue weighted by molar-refractivity contribution is 5.92. The van der Waals surface area contributed by atoms with Crippen LogP contribution in [0, 0.1) is 0 Å². The Labute approximate surface area is 126 Å². The van der Waals surface area contributed by atoms with Crippen LogP contribution in [0.3, 0.4) is 0 Å². The lowest BCUT2D eigenvalue weighted by Gasteiger charge is -2.05. The Balaban J connectivity index is 2.16. The van der Waals surface area contributed by atoms with Crippen LogP contribution in [-0.2, 0) is 4.74 Å². The first kappa shape index (κ1) is 14.0. The van der Waals surface area contributed by atoms with Crippen LogP contribution in [0.2, 0.25) is 0 Å². The zero-order chi connectivity index (χ0) is 15.5. The number of aromatic amines is 1. The summed E-state index contributed by atoms with van der Waals surface area (Å²) >= 11 is 0. The SMILES string of the molecule is CCOC(=O)c1n[nH]c2ccc(-c3ccccc3)cc2c1=O. The number of hydrogen-bond donors (Lipinski definition) is 1. The summed E-state index contributed by atoms with van der Waals surface area (Å²) in [4.78, 5) is 24.2. The van der Waals surface area contributed by atoms with Crippen molar-refractivity contribution < 1.29 is 9.53 Å². The molecule has 5 nitrogen and oxygen atoms in total. The summed E-state index contributed by atoms with van der Waals surface area (Å²) in [6, 6.07) is 15.2. The Morgan fingerprint density at radius 2 is 1.91 bits per heavy atom. The van der Waals surface area contributed by atoms with E-state index in [2.05, 4.69) is 10.2 Å². The van der Waals surface area contributed by atoms with Gasteiger partial charge in [-0.2, -0.15) is 5.10 Å². The van der Waals surface area contributed by atoms with Gasteiger partial charge in [-0.15, -0.1) is 0 Å². The quantitative estimate of drug-likeness (QED) is 0.754. The number of hydrogen-bond acceptors (Lipinski definition) is 4. The molecule has 0 aliphatic rings. The molecule has 0 unspecified atom stereocenters. The van der Waals surface area contributed by atoms with E-state index in [-0.39, 0.29) is 12.3 Å². The van der Waals surface area contributed by atoms with Crippen LogP contribution < -0.4 is 5.43 Å². The molecule has 1 N–H and O–H groups in total. The van der Waals surface area contributed by atoms with Gasteiger partial charge in [-0.1, -0.05) is 36.4 Å². The first-order valence-electron chi connectivity index (χ1n) is 6.95. The van der Waals surface area contributed by atoms with Gasteiger partial charge in [0.2, 0.25) is 11.1 Å². The Bertz CT molecular complexity index is 885. The lowest BCUT2D eigenvalue weighted by atomic mass is 10.0. The second-order valence-electron chi connectivity index (χ2n) is 4.75. The van der Waals surface area contributed by atoms with Crippen LogP contribution in [0.25, 0.3) is 22.0 Å². The van der Waals surface area contributed by atoms with Crippen LogP contribution >= 0.6 is 0 Å². The van der Waals surface area contributed by atoms with E-state index in [1.54, 1.807) is 19.1 Å². The number of carbonyl (C=O) groups excluding carboxylic acids is 1. The minimum atomic E-state index is -0.712. The summed E-state index contributed by atoms with van der Waals surface area (Å²) in [5.74, 6) is -0.712. The van der Waals surface area contributed by atoms with Crippen LogP contribution in [-0.4, -0.2) is 22.8 Å². The Morgan fingerprint density at radius 1 is 1.14 bits per heavy atom. The van der Waals surface area contributed by atoms with Gasteiger partial charge in [0.1, 0.15) is 0 Å². The standard InChI is InChI=1S/C17H14N2O3/c1-2-22-17(21)15-16(20)13-10-12(8-9-14(13)18-19-15)11-6-4-3-5-7-11/h3-10H,2H2,1H3,(H,18,20). The third-order valence-corrected chi connectivity index (χ3v) is 3.34. The molecule has 0 radical (unpaired) electrons. The van der Waals surface area contributed by atoms with Crippen molar-refractivity contribution in [2.75, 3.05) is 6.61 Å². The summed E-state index contributed by atoms with van der Waals surface area (Å²) in [5.41, 5.74) is 1.83. The molecule has 0 aliphatic carbocycles. The lowest BCUT2D eigenvalue weighted by Crippen LogP contribution is -2.20. The van der Waals surface area contributed by atoms with Crippen molar-refractivity contribution in [2.45, 2.75) is 6.92 Å². The van der Waals surface area contributed by atoms with E-state index in [1.165, 1.54) is 0 Å². The maximum absolute atomic E-state index is 12.4. The van der Waals surface area contributed by atoms with Crippen molar-refractivity contribution in [1.82, 2.24) is 10.2 Å². The van der Waals surface area contributed by atoms with E-state index in [0.717, 1.165) is 11.1 Å². The molecular weight excluding hydrogens is 280 g/mol. The van der Waals surface area contributed by atoms with Crippen LogP contribution in [0.15, 0.2) is 53.3 Å². The summed E-state index contributed by atoms with van der Waals surface area (Å²) < 4.78 is 4.85. The van der Waals surface area contributed by atoms with E-state index < -0.39 is 11.4 Å². The number of nitrogens with one attached hydrogen (secondary N) is 1. The lowest BCUT2D eigenvalue weighted by molar-refractivity contribution is 0.0517. The fraction of sp³-hybridized carbons (Fsp3) is 0.118. The minimum absolute atomic E-state index is 0.196. The van der Waals surface area contributed by atoms with Crippen LogP contribution in [0.4, 0.5) is 0 Å². The maximum Gasteiger partial charge on any atom is 0.362 e. The van der Waals surface area contributed by atoms with Crippen molar-refractivity contribution in [3.8, 4) is 11.1 Å². The summed E-state index contributed by atoms with van der Waals surface area (Å²) in [6.07, 6.45) is 0. The molecule has 1 aromatic heterocycles. The van der Waals surface area contributed by atoms with Gasteiger partial charge < -0.3 is 4.74 Å². The first-order chi connectivity index (χ1) is 10.7. The molecule has 2 aromatic carbocycles. The molecule has 0 saturated carbocycles. The maximum atomic E-state index is 12.4. The van der Waals surface area contributed by atoms with Gasteiger partial charge in [-0.3, -0.25) is 9.89 Å². The fourth-order valence-electron chi connectivity index (χ4n) is 2.27. The molecule has 22 heavy (non-hydrogen) atoms. The van der Waals surface area contributed by atoms with Crippen molar-refractivity contribution in [3.63, 3.8) is 0 Å². The number of nitrogens with zero attached hydrogens (tertiary/aromatic N) is 1. The Morgan fingerprint density at radius 3 is 2.64 bits per heavy atom. The highest BCUT2D eigenvalue weighted by Crippen LogP contribution is 2.21. The average molecular weight is 294 g/mol. The first-order valence-corrected chi connectivity index (χ1v) is 6.95. The molecule has 0 spiro atoms. The molecule has 0 atom stereocenters. The minimum Gasteiger partial charge on any atom is -0.461 e. The number of rotatable bonds is 3. The molecule has 0 amide bonds. The topological polar surface area (TPSA) is 72.0 Å². The molecule has 110 valence electrons. The molecule has 5 heteroatoms. The normalized spacial score (nSPS) is 10.6. The van der Waals surface area contributed by atoms with Gasteiger partial charge in [-0.05, 0) is 30.2 Å². The third kappa shape index (κ3) is 2.48. The van der Waals surface area contributed by atoms with E-state index in [1.807, 2.05) is 36.4 Å². The molecule has 0 fully saturated rings. The van der Waals surface area contributed by atoms with E-state index >= 15 is 0 Å². The number of carbonyl (C=O) groups is 1. The van der Waals surface area contributed by atoms with Gasteiger partial charge in [0.05, 0.1) is 17.5 Å². The second-order valence-corrected chi connectivity index (χ2v) is 4.75. The van der Waals surface area contributed by atoms with Gasteiger partial charge in [0.25, 0.3) is 0 Å². The smallest absolute Gasteiger partial charge is 0.362 e. The van der Waals surface area contributed by atoms with E-state index in [0.29, 0.717) is 10.9 Å². The van der Waals surface area contributed by atoms with Crippen molar-refractivity contribution >= 4 is 16.9 Å². The second kappa shape index (κ2) is 5.81. The molecule has 0 bridgehead atoms. The third-order valence-electron chi connectivity index (χ3n) is 3.34. The van der Waals surface area contributed by atoms with E-state index in [4.69, 9.17) is 4.74 Å². The predicted octanol–water partition coefficient (Wildman–Crippen LogP) is 2.77. The molecule has 1 heterocycles. The molecule has 0 saturated heterocycles. The summed E-state index contributed by atoms with van der Waals surface area (Å²) in [5, 5.41) is 6.96. The average Bonchev–Trinajstić information content (AvgIpc) is 2.56. The molecule has 3 rings (SSSR count). The fourth-order valence-corrected chi connectivity index (χ4v) is 2.27. The number of aromatic nitrogens is 2. The summed E-state index contributed by atoms with van der Waals surface area (Å²) in [6.45, 7) is 1.88. The Kier molecular flexibility index (Phi) is 3.70.